The number of aryl methyl sites for hydroxylation is 2. The Kier molecular flexibility index (Phi) is 3.32. The van der Waals surface area contributed by atoms with Crippen LogP contribution >= 0.6 is 0 Å². The van der Waals surface area contributed by atoms with E-state index in [1.807, 2.05) is 0 Å². The molecule has 2 aromatic rings. The molecular formula is C11H13N5O3. The molecule has 2 rings (SSSR count). The first kappa shape index (κ1) is 12.8. The normalized spacial score (nSPS) is 10.4. The van der Waals surface area contributed by atoms with E-state index in [2.05, 4.69) is 15.5 Å². The van der Waals surface area contributed by atoms with Gasteiger partial charge in [-0.05, 0) is 6.07 Å². The molecule has 0 atom stereocenters. The van der Waals surface area contributed by atoms with E-state index < -0.39 is 11.9 Å². The minimum absolute atomic E-state index is 0.0333. The summed E-state index contributed by atoms with van der Waals surface area (Å²) in [6.07, 6.45) is 2.99. The summed E-state index contributed by atoms with van der Waals surface area (Å²) in [6.45, 7) is 0.230. The van der Waals surface area contributed by atoms with Crippen molar-refractivity contribution in [2.75, 3.05) is 0 Å². The van der Waals surface area contributed by atoms with Gasteiger partial charge in [0.25, 0.3) is 5.91 Å². The molecule has 1 amide bonds. The van der Waals surface area contributed by atoms with Crippen molar-refractivity contribution in [3.63, 3.8) is 0 Å². The number of rotatable bonds is 4. The van der Waals surface area contributed by atoms with Gasteiger partial charge in [-0.3, -0.25) is 14.2 Å². The second kappa shape index (κ2) is 4.92. The molecular weight excluding hydrogens is 250 g/mol. The van der Waals surface area contributed by atoms with E-state index in [9.17, 15) is 9.59 Å². The lowest BCUT2D eigenvalue weighted by molar-refractivity contribution is 0.0679. The van der Waals surface area contributed by atoms with Crippen LogP contribution < -0.4 is 5.32 Å². The van der Waals surface area contributed by atoms with Gasteiger partial charge in [0.1, 0.15) is 0 Å². The zero-order valence-electron chi connectivity index (χ0n) is 10.5. The monoisotopic (exact) mass is 263 g/mol. The fourth-order valence-electron chi connectivity index (χ4n) is 1.68. The molecule has 0 spiro atoms. The van der Waals surface area contributed by atoms with Crippen molar-refractivity contribution < 1.29 is 14.7 Å². The molecule has 0 unspecified atom stereocenters. The maximum absolute atomic E-state index is 11.9. The molecule has 100 valence electrons. The minimum Gasteiger partial charge on any atom is -0.477 e. The summed E-state index contributed by atoms with van der Waals surface area (Å²) in [5.41, 5.74) is 0.584. The Labute approximate surface area is 108 Å². The number of hydrogen-bond donors (Lipinski definition) is 2. The molecule has 2 aromatic heterocycles. The molecule has 2 heterocycles. The van der Waals surface area contributed by atoms with Gasteiger partial charge >= 0.3 is 5.97 Å². The van der Waals surface area contributed by atoms with Gasteiger partial charge in [-0.2, -0.15) is 10.2 Å². The number of carbonyl (C=O) groups excluding carboxylic acids is 1. The van der Waals surface area contributed by atoms with E-state index in [0.29, 0.717) is 5.69 Å². The zero-order valence-corrected chi connectivity index (χ0v) is 10.5. The number of carbonyl (C=O) groups is 2. The largest absolute Gasteiger partial charge is 0.477 e. The molecule has 0 aliphatic heterocycles. The molecule has 0 aromatic carbocycles. The van der Waals surface area contributed by atoms with E-state index in [-0.39, 0.29) is 17.8 Å². The number of carboxylic acid groups (broad SMARTS) is 1. The highest BCUT2D eigenvalue weighted by Gasteiger charge is 2.21. The lowest BCUT2D eigenvalue weighted by Gasteiger charge is -2.03. The second-order valence-electron chi connectivity index (χ2n) is 4.00. The van der Waals surface area contributed by atoms with Gasteiger partial charge in [-0.25, -0.2) is 4.79 Å². The van der Waals surface area contributed by atoms with Gasteiger partial charge in [0.15, 0.2) is 5.69 Å². The summed E-state index contributed by atoms with van der Waals surface area (Å²) >= 11 is 0. The first-order chi connectivity index (χ1) is 8.99. The Morgan fingerprint density at radius 1 is 1.42 bits per heavy atom. The van der Waals surface area contributed by atoms with E-state index in [1.54, 1.807) is 24.0 Å². The molecule has 2 N–H and O–H groups in total. The van der Waals surface area contributed by atoms with Crippen molar-refractivity contribution in [3.8, 4) is 0 Å². The highest BCUT2D eigenvalue weighted by atomic mass is 16.4. The Morgan fingerprint density at radius 3 is 2.74 bits per heavy atom. The van der Waals surface area contributed by atoms with E-state index in [1.165, 1.54) is 13.2 Å². The Balaban J connectivity index is 2.10. The smallest absolute Gasteiger partial charge is 0.354 e. The summed E-state index contributed by atoms with van der Waals surface area (Å²) in [5, 5.41) is 19.5. The van der Waals surface area contributed by atoms with Crippen molar-refractivity contribution >= 4 is 11.9 Å². The molecule has 0 fully saturated rings. The summed E-state index contributed by atoms with van der Waals surface area (Å²) in [4.78, 5) is 22.9. The number of aromatic carboxylic acids is 1. The van der Waals surface area contributed by atoms with Crippen LogP contribution in [0.15, 0.2) is 18.5 Å². The third-order valence-corrected chi connectivity index (χ3v) is 2.58. The molecule has 0 radical (unpaired) electrons. The van der Waals surface area contributed by atoms with Gasteiger partial charge in [-0.15, -0.1) is 0 Å². The van der Waals surface area contributed by atoms with Crippen LogP contribution in [0.3, 0.4) is 0 Å². The summed E-state index contributed by atoms with van der Waals surface area (Å²) < 4.78 is 2.77. The van der Waals surface area contributed by atoms with Crippen LogP contribution in [0.5, 0.6) is 0 Å². The highest BCUT2D eigenvalue weighted by Crippen LogP contribution is 2.07. The number of amides is 1. The summed E-state index contributed by atoms with van der Waals surface area (Å²) in [7, 11) is 3.24. The quantitative estimate of drug-likeness (QED) is 0.794. The van der Waals surface area contributed by atoms with Crippen LogP contribution in [0, 0.1) is 0 Å². The zero-order chi connectivity index (χ0) is 14.0. The third kappa shape index (κ3) is 2.62. The Bertz CT molecular complexity index is 628. The van der Waals surface area contributed by atoms with E-state index >= 15 is 0 Å². The lowest BCUT2D eigenvalue weighted by atomic mass is 10.2. The van der Waals surface area contributed by atoms with Gasteiger partial charge in [-0.1, -0.05) is 0 Å². The number of aromatic nitrogens is 4. The molecule has 0 saturated heterocycles. The first-order valence-electron chi connectivity index (χ1n) is 5.51. The fourth-order valence-corrected chi connectivity index (χ4v) is 1.68. The van der Waals surface area contributed by atoms with Crippen LogP contribution in [-0.2, 0) is 20.6 Å². The topological polar surface area (TPSA) is 102 Å². The average Bonchev–Trinajstić information content (AvgIpc) is 2.92. The van der Waals surface area contributed by atoms with Gasteiger partial charge < -0.3 is 10.4 Å². The van der Waals surface area contributed by atoms with Gasteiger partial charge in [0, 0.05) is 20.3 Å². The molecule has 8 heteroatoms. The standard InChI is InChI=1S/C11H13N5O3/c1-15-4-3-7(14-15)5-12-10(17)8-6-13-16(2)9(8)11(18)19/h3-4,6H,5H2,1-2H3,(H,12,17)(H,18,19). The van der Waals surface area contributed by atoms with Crippen molar-refractivity contribution in [2.45, 2.75) is 6.54 Å². The molecule has 0 aliphatic carbocycles. The third-order valence-electron chi connectivity index (χ3n) is 2.58. The lowest BCUT2D eigenvalue weighted by Crippen LogP contribution is -2.25. The SMILES string of the molecule is Cn1ccc(CNC(=O)c2cnn(C)c2C(=O)O)n1. The number of hydrogen-bond acceptors (Lipinski definition) is 4. The molecule has 0 saturated carbocycles. The molecule has 19 heavy (non-hydrogen) atoms. The summed E-state index contributed by atoms with van der Waals surface area (Å²) in [5.74, 6) is -1.68. The van der Waals surface area contributed by atoms with Gasteiger partial charge in [0.2, 0.25) is 0 Å². The molecule has 8 nitrogen and oxygen atoms in total. The van der Waals surface area contributed by atoms with Crippen molar-refractivity contribution in [3.05, 3.63) is 35.4 Å². The predicted molar refractivity (Wildman–Crippen MR) is 64.5 cm³/mol. The number of carboxylic acids is 1. The van der Waals surface area contributed by atoms with Crippen LogP contribution in [0.2, 0.25) is 0 Å². The number of nitrogens with one attached hydrogen (secondary N) is 1. The second-order valence-corrected chi connectivity index (χ2v) is 4.00. The van der Waals surface area contributed by atoms with E-state index in [0.717, 1.165) is 4.68 Å². The fraction of sp³-hybridized carbons (Fsp3) is 0.273. The van der Waals surface area contributed by atoms with Crippen LogP contribution in [-0.4, -0.2) is 36.5 Å². The van der Waals surface area contributed by atoms with Crippen molar-refractivity contribution in [1.82, 2.24) is 24.9 Å². The Morgan fingerprint density at radius 2 is 2.16 bits per heavy atom. The summed E-state index contributed by atoms with van der Waals surface area (Å²) in [6, 6.07) is 1.77. The number of nitrogens with zero attached hydrogens (tertiary/aromatic N) is 4. The van der Waals surface area contributed by atoms with E-state index in [4.69, 9.17) is 5.11 Å². The maximum atomic E-state index is 11.9. The average molecular weight is 263 g/mol. The highest BCUT2D eigenvalue weighted by molar-refractivity contribution is 6.03. The first-order valence-corrected chi connectivity index (χ1v) is 5.51. The van der Waals surface area contributed by atoms with Crippen LogP contribution in [0.4, 0.5) is 0 Å². The maximum Gasteiger partial charge on any atom is 0.354 e. The molecule has 0 bridgehead atoms. The molecule has 0 aliphatic rings. The Hall–Kier alpha value is -2.64. The van der Waals surface area contributed by atoms with Crippen LogP contribution in [0.25, 0.3) is 0 Å². The minimum atomic E-state index is -1.19. The van der Waals surface area contributed by atoms with Gasteiger partial charge in [0.05, 0.1) is 24.0 Å². The predicted octanol–water partition coefficient (Wildman–Crippen LogP) is -0.218. The van der Waals surface area contributed by atoms with Crippen molar-refractivity contribution in [2.24, 2.45) is 14.1 Å². The van der Waals surface area contributed by atoms with Crippen LogP contribution in [0.1, 0.15) is 26.5 Å². The van der Waals surface area contributed by atoms with Crippen molar-refractivity contribution in [1.29, 1.82) is 0 Å².